The summed E-state index contributed by atoms with van der Waals surface area (Å²) in [6.45, 7) is 3.35. The van der Waals surface area contributed by atoms with Crippen LogP contribution < -0.4 is 5.43 Å². The Balaban J connectivity index is 2.76. The molecule has 4 nitrogen and oxygen atoms in total. The largest absolute Gasteiger partial charge is 0.506 e. The SMILES string of the molecule is C#C/C(C)=C(O)/C(=C\C)/C=N/NC(=O)c1ccc(Br)cc1. The number of nitrogens with one attached hydrogen (secondary N) is 1. The van der Waals surface area contributed by atoms with Gasteiger partial charge in [0, 0.05) is 21.2 Å². The standard InChI is InChI=1S/C16H15BrN2O2/c1-4-11(3)15(20)12(5-2)10-18-19-16(21)13-6-8-14(17)9-7-13/h1,5-10,20H,2-3H3,(H,19,21)/b12-5-,15-11-,18-10+. The van der Waals surface area contributed by atoms with E-state index in [-0.39, 0.29) is 11.7 Å². The number of benzene rings is 1. The van der Waals surface area contributed by atoms with Crippen LogP contribution in [0.3, 0.4) is 0 Å². The summed E-state index contributed by atoms with van der Waals surface area (Å²) in [6, 6.07) is 6.87. The number of nitrogens with zero attached hydrogens (tertiary/aromatic N) is 1. The van der Waals surface area contributed by atoms with Gasteiger partial charge < -0.3 is 5.11 Å². The monoisotopic (exact) mass is 346 g/mol. The number of terminal acetylenes is 1. The molecular formula is C16H15BrN2O2. The number of aliphatic hydroxyl groups excluding tert-OH is 1. The molecule has 5 heteroatoms. The Labute approximate surface area is 132 Å². The van der Waals surface area contributed by atoms with Gasteiger partial charge in [0.25, 0.3) is 5.91 Å². The van der Waals surface area contributed by atoms with Crippen molar-refractivity contribution in [2.75, 3.05) is 0 Å². The van der Waals surface area contributed by atoms with Crippen LogP contribution in [0.5, 0.6) is 0 Å². The van der Waals surface area contributed by atoms with Crippen molar-refractivity contribution < 1.29 is 9.90 Å². The average Bonchev–Trinajstić information content (AvgIpc) is 2.50. The van der Waals surface area contributed by atoms with Crippen molar-refractivity contribution in [3.05, 3.63) is 57.3 Å². The Morgan fingerprint density at radius 3 is 2.57 bits per heavy atom. The van der Waals surface area contributed by atoms with Gasteiger partial charge in [0.1, 0.15) is 5.76 Å². The molecule has 0 aliphatic rings. The number of halogens is 1. The normalized spacial score (nSPS) is 12.8. The summed E-state index contributed by atoms with van der Waals surface area (Å²) in [5, 5.41) is 13.7. The van der Waals surface area contributed by atoms with Gasteiger partial charge >= 0.3 is 0 Å². The van der Waals surface area contributed by atoms with E-state index in [1.807, 2.05) is 0 Å². The number of amides is 1. The van der Waals surface area contributed by atoms with Gasteiger partial charge in [-0.3, -0.25) is 4.79 Å². The summed E-state index contributed by atoms with van der Waals surface area (Å²) in [5.74, 6) is 1.96. The molecule has 0 aliphatic heterocycles. The molecule has 1 aromatic carbocycles. The molecule has 0 saturated heterocycles. The van der Waals surface area contributed by atoms with E-state index in [0.29, 0.717) is 16.7 Å². The molecule has 1 amide bonds. The molecule has 0 heterocycles. The summed E-state index contributed by atoms with van der Waals surface area (Å²) in [6.07, 6.45) is 8.20. The van der Waals surface area contributed by atoms with Gasteiger partial charge in [-0.2, -0.15) is 5.10 Å². The summed E-state index contributed by atoms with van der Waals surface area (Å²) in [4.78, 5) is 11.8. The lowest BCUT2D eigenvalue weighted by molar-refractivity contribution is 0.0955. The van der Waals surface area contributed by atoms with Gasteiger partial charge in [-0.25, -0.2) is 5.43 Å². The molecular weight excluding hydrogens is 332 g/mol. The van der Waals surface area contributed by atoms with E-state index in [4.69, 9.17) is 6.42 Å². The quantitative estimate of drug-likeness (QED) is 0.288. The second-order valence-corrected chi connectivity index (χ2v) is 4.98. The third-order valence-corrected chi connectivity index (χ3v) is 3.16. The van der Waals surface area contributed by atoms with Crippen LogP contribution in [0.2, 0.25) is 0 Å². The molecule has 0 saturated carbocycles. The van der Waals surface area contributed by atoms with Gasteiger partial charge in [0.05, 0.1) is 6.21 Å². The van der Waals surface area contributed by atoms with E-state index in [9.17, 15) is 9.90 Å². The van der Waals surface area contributed by atoms with E-state index in [2.05, 4.69) is 32.4 Å². The van der Waals surface area contributed by atoms with Gasteiger partial charge in [-0.1, -0.05) is 27.9 Å². The molecule has 0 radical (unpaired) electrons. The first kappa shape index (κ1) is 16.7. The van der Waals surface area contributed by atoms with E-state index >= 15 is 0 Å². The molecule has 0 aromatic heterocycles. The minimum atomic E-state index is -0.341. The first-order chi connectivity index (χ1) is 9.99. The zero-order valence-electron chi connectivity index (χ0n) is 11.7. The fourth-order valence-corrected chi connectivity index (χ4v) is 1.65. The van der Waals surface area contributed by atoms with Crippen LogP contribution in [0.15, 0.2) is 56.8 Å². The fraction of sp³-hybridized carbons (Fsp3) is 0.125. The number of hydrazone groups is 1. The van der Waals surface area contributed by atoms with Crippen LogP contribution in [-0.4, -0.2) is 17.2 Å². The van der Waals surface area contributed by atoms with E-state index < -0.39 is 0 Å². The van der Waals surface area contributed by atoms with Crippen LogP contribution >= 0.6 is 15.9 Å². The van der Waals surface area contributed by atoms with Crippen molar-refractivity contribution in [2.45, 2.75) is 13.8 Å². The minimum absolute atomic E-state index is 0.0401. The second-order valence-electron chi connectivity index (χ2n) is 4.07. The third kappa shape index (κ3) is 4.93. The first-order valence-electron chi connectivity index (χ1n) is 6.11. The smallest absolute Gasteiger partial charge is 0.271 e. The summed E-state index contributed by atoms with van der Waals surface area (Å²) < 4.78 is 0.888. The number of rotatable bonds is 4. The van der Waals surface area contributed by atoms with E-state index in [0.717, 1.165) is 4.47 Å². The Kier molecular flexibility index (Phi) is 6.44. The lowest BCUT2D eigenvalue weighted by atomic mass is 10.1. The number of hydrogen-bond donors (Lipinski definition) is 2. The highest BCUT2D eigenvalue weighted by atomic mass is 79.9. The van der Waals surface area contributed by atoms with Gasteiger partial charge in [-0.05, 0) is 38.1 Å². The topological polar surface area (TPSA) is 61.7 Å². The number of allylic oxidation sites excluding steroid dienone is 3. The zero-order valence-corrected chi connectivity index (χ0v) is 13.3. The minimum Gasteiger partial charge on any atom is -0.506 e. The maximum Gasteiger partial charge on any atom is 0.271 e. The first-order valence-corrected chi connectivity index (χ1v) is 6.91. The molecule has 0 unspecified atom stereocenters. The number of carbonyl (C=O) groups is 1. The molecule has 21 heavy (non-hydrogen) atoms. The van der Waals surface area contributed by atoms with Gasteiger partial charge in [-0.15, -0.1) is 6.42 Å². The molecule has 0 atom stereocenters. The Morgan fingerprint density at radius 1 is 1.43 bits per heavy atom. The lowest BCUT2D eigenvalue weighted by Crippen LogP contribution is -2.17. The van der Waals surface area contributed by atoms with E-state index in [1.54, 1.807) is 44.2 Å². The summed E-state index contributed by atoms with van der Waals surface area (Å²) >= 11 is 3.29. The van der Waals surface area contributed by atoms with Crippen LogP contribution in [0.1, 0.15) is 24.2 Å². The highest BCUT2D eigenvalue weighted by Crippen LogP contribution is 2.11. The van der Waals surface area contributed by atoms with Crippen molar-refractivity contribution in [3.8, 4) is 12.3 Å². The van der Waals surface area contributed by atoms with Crippen molar-refractivity contribution in [1.82, 2.24) is 5.43 Å². The zero-order chi connectivity index (χ0) is 15.8. The van der Waals surface area contributed by atoms with E-state index in [1.165, 1.54) is 6.21 Å². The predicted molar refractivity (Wildman–Crippen MR) is 88.0 cm³/mol. The number of hydrogen-bond acceptors (Lipinski definition) is 3. The maximum atomic E-state index is 11.8. The molecule has 1 rings (SSSR count). The summed E-state index contributed by atoms with van der Waals surface area (Å²) in [5.41, 5.74) is 3.70. The Hall–Kier alpha value is -2.32. The van der Waals surface area contributed by atoms with Crippen molar-refractivity contribution in [1.29, 1.82) is 0 Å². The average molecular weight is 347 g/mol. The predicted octanol–water partition coefficient (Wildman–Crippen LogP) is 3.58. The lowest BCUT2D eigenvalue weighted by Gasteiger charge is -2.03. The molecule has 0 spiro atoms. The van der Waals surface area contributed by atoms with Crippen LogP contribution in [0, 0.1) is 12.3 Å². The highest BCUT2D eigenvalue weighted by molar-refractivity contribution is 9.10. The molecule has 0 aliphatic carbocycles. The van der Waals surface area contributed by atoms with Crippen LogP contribution in [0.4, 0.5) is 0 Å². The molecule has 108 valence electrons. The fourth-order valence-electron chi connectivity index (χ4n) is 1.38. The number of carbonyl (C=O) groups excluding carboxylic acids is 1. The van der Waals surface area contributed by atoms with Crippen molar-refractivity contribution >= 4 is 28.1 Å². The molecule has 0 bridgehead atoms. The molecule has 1 aromatic rings. The number of aliphatic hydroxyl groups is 1. The van der Waals surface area contributed by atoms with Gasteiger partial charge in [0.15, 0.2) is 0 Å². The molecule has 0 fully saturated rings. The summed E-state index contributed by atoms with van der Waals surface area (Å²) in [7, 11) is 0. The van der Waals surface area contributed by atoms with Crippen molar-refractivity contribution in [2.24, 2.45) is 5.10 Å². The highest BCUT2D eigenvalue weighted by Gasteiger charge is 2.05. The molecule has 2 N–H and O–H groups in total. The van der Waals surface area contributed by atoms with Crippen LogP contribution in [0.25, 0.3) is 0 Å². The second kappa shape index (κ2) is 8.08. The Bertz CT molecular complexity index is 650. The van der Waals surface area contributed by atoms with Gasteiger partial charge in [0.2, 0.25) is 0 Å². The van der Waals surface area contributed by atoms with Crippen molar-refractivity contribution in [3.63, 3.8) is 0 Å². The Morgan fingerprint density at radius 2 is 2.05 bits per heavy atom. The maximum absolute atomic E-state index is 11.8. The third-order valence-electron chi connectivity index (χ3n) is 2.63. The van der Waals surface area contributed by atoms with Crippen LogP contribution in [-0.2, 0) is 0 Å².